The van der Waals surface area contributed by atoms with E-state index >= 15 is 0 Å². The van der Waals surface area contributed by atoms with Gasteiger partial charge in [0.05, 0.1) is 19.3 Å². The Morgan fingerprint density at radius 2 is 1.50 bits per heavy atom. The maximum Gasteiger partial charge on any atom is 0.254 e. The Kier molecular flexibility index (Phi) is 7.50. The summed E-state index contributed by atoms with van der Waals surface area (Å²) in [5.74, 6) is 0. The second-order valence-corrected chi connectivity index (χ2v) is 6.65. The molecular formula is C14H25NO10S. The highest BCUT2D eigenvalue weighted by Gasteiger charge is 2.50. The molecule has 2 aliphatic rings. The molecule has 0 amide bonds. The molecule has 0 aromatic rings. The van der Waals surface area contributed by atoms with Crippen LogP contribution in [-0.2, 0) is 18.9 Å². The highest BCUT2D eigenvalue weighted by Crippen LogP contribution is 2.29. The molecule has 152 valence electrons. The SMILES string of the molecule is CC1O[C@@H](CO)[C@@H](O)[C@H](O)[C@@H]1O[C@H]1O[C@H](CO)[C@@H](O)[C@H](OC(N)=S)[C@@H]1O. The Balaban J connectivity index is 2.14. The van der Waals surface area contributed by atoms with Gasteiger partial charge in [-0.1, -0.05) is 0 Å². The van der Waals surface area contributed by atoms with Gasteiger partial charge in [0.15, 0.2) is 12.4 Å². The van der Waals surface area contributed by atoms with Crippen LogP contribution in [0.3, 0.4) is 0 Å². The zero-order valence-corrected chi connectivity index (χ0v) is 14.8. The minimum atomic E-state index is -1.57. The van der Waals surface area contributed by atoms with E-state index in [0.717, 1.165) is 0 Å². The van der Waals surface area contributed by atoms with Crippen molar-refractivity contribution >= 4 is 17.4 Å². The molecule has 2 rings (SSSR count). The average Bonchev–Trinajstić information content (AvgIpc) is 2.60. The number of thiocarbonyl (C=S) groups is 1. The first kappa shape index (κ1) is 21.6. The summed E-state index contributed by atoms with van der Waals surface area (Å²) in [7, 11) is 0. The van der Waals surface area contributed by atoms with Gasteiger partial charge in [0.2, 0.25) is 0 Å². The number of aliphatic hydroxyl groups excluding tert-OH is 6. The molecule has 2 aliphatic heterocycles. The van der Waals surface area contributed by atoms with Crippen LogP contribution < -0.4 is 5.73 Å². The summed E-state index contributed by atoms with van der Waals surface area (Å²) in [5, 5.41) is 58.8. The van der Waals surface area contributed by atoms with E-state index in [1.54, 1.807) is 6.92 Å². The molecule has 0 spiro atoms. The summed E-state index contributed by atoms with van der Waals surface area (Å²) in [4.78, 5) is 0. The summed E-state index contributed by atoms with van der Waals surface area (Å²) in [6.45, 7) is 0.429. The van der Waals surface area contributed by atoms with E-state index in [1.807, 2.05) is 0 Å². The Hall–Kier alpha value is -0.670. The van der Waals surface area contributed by atoms with Crippen LogP contribution in [0.25, 0.3) is 0 Å². The molecule has 0 aromatic heterocycles. The smallest absolute Gasteiger partial charge is 0.254 e. The maximum atomic E-state index is 10.4. The van der Waals surface area contributed by atoms with Crippen molar-refractivity contribution < 1.29 is 49.6 Å². The van der Waals surface area contributed by atoms with Gasteiger partial charge in [0.1, 0.15) is 42.7 Å². The highest BCUT2D eigenvalue weighted by atomic mass is 32.1. The second-order valence-electron chi connectivity index (χ2n) is 6.25. The molecule has 8 N–H and O–H groups in total. The number of hydrogen-bond donors (Lipinski definition) is 7. The van der Waals surface area contributed by atoms with Crippen LogP contribution in [0.2, 0.25) is 0 Å². The summed E-state index contributed by atoms with van der Waals surface area (Å²) in [5.41, 5.74) is 5.28. The topological polar surface area (TPSA) is 184 Å². The molecule has 0 saturated carbocycles. The van der Waals surface area contributed by atoms with Crippen molar-refractivity contribution in [2.45, 2.75) is 68.1 Å². The van der Waals surface area contributed by atoms with Crippen molar-refractivity contribution in [1.29, 1.82) is 0 Å². The lowest BCUT2D eigenvalue weighted by molar-refractivity contribution is -0.338. The molecule has 2 fully saturated rings. The van der Waals surface area contributed by atoms with Crippen LogP contribution in [0.1, 0.15) is 6.92 Å². The quantitative estimate of drug-likeness (QED) is 0.222. The van der Waals surface area contributed by atoms with E-state index in [0.29, 0.717) is 0 Å². The van der Waals surface area contributed by atoms with Crippen LogP contribution in [0, 0.1) is 0 Å². The Bertz CT molecular complexity index is 485. The van der Waals surface area contributed by atoms with Crippen LogP contribution >= 0.6 is 12.2 Å². The van der Waals surface area contributed by atoms with Gasteiger partial charge < -0.3 is 55.3 Å². The Morgan fingerprint density at radius 3 is 2.04 bits per heavy atom. The Labute approximate surface area is 154 Å². The second kappa shape index (κ2) is 9.01. The van der Waals surface area contributed by atoms with E-state index in [9.17, 15) is 25.5 Å². The zero-order valence-electron chi connectivity index (χ0n) is 14.0. The summed E-state index contributed by atoms with van der Waals surface area (Å²) in [6, 6.07) is 0. The molecule has 10 atom stereocenters. The van der Waals surface area contributed by atoms with Gasteiger partial charge in [0, 0.05) is 0 Å². The predicted octanol–water partition coefficient (Wildman–Crippen LogP) is -4.06. The third kappa shape index (κ3) is 4.42. The van der Waals surface area contributed by atoms with E-state index in [1.165, 1.54) is 0 Å². The van der Waals surface area contributed by atoms with Crippen molar-refractivity contribution in [3.8, 4) is 0 Å². The van der Waals surface area contributed by atoms with Gasteiger partial charge in [0.25, 0.3) is 5.17 Å². The number of hydrogen-bond acceptors (Lipinski definition) is 11. The maximum absolute atomic E-state index is 10.4. The van der Waals surface area contributed by atoms with E-state index in [4.69, 9.17) is 29.8 Å². The first-order valence-electron chi connectivity index (χ1n) is 8.07. The highest BCUT2D eigenvalue weighted by molar-refractivity contribution is 7.80. The third-order valence-electron chi connectivity index (χ3n) is 4.46. The zero-order chi connectivity index (χ0) is 19.6. The van der Waals surface area contributed by atoms with Crippen molar-refractivity contribution in [3.05, 3.63) is 0 Å². The minimum Gasteiger partial charge on any atom is -0.462 e. The summed E-state index contributed by atoms with van der Waals surface area (Å²) >= 11 is 4.61. The van der Waals surface area contributed by atoms with Crippen LogP contribution in [0.5, 0.6) is 0 Å². The molecular weight excluding hydrogens is 374 g/mol. The fourth-order valence-electron chi connectivity index (χ4n) is 3.06. The van der Waals surface area contributed by atoms with Crippen LogP contribution in [0.4, 0.5) is 0 Å². The van der Waals surface area contributed by atoms with Gasteiger partial charge in [-0.15, -0.1) is 0 Å². The van der Waals surface area contributed by atoms with Crippen LogP contribution in [-0.4, -0.2) is 110 Å². The molecule has 0 bridgehead atoms. The largest absolute Gasteiger partial charge is 0.462 e. The molecule has 0 radical (unpaired) electrons. The van der Waals surface area contributed by atoms with Crippen molar-refractivity contribution in [3.63, 3.8) is 0 Å². The normalized spacial score (nSPS) is 46.7. The van der Waals surface area contributed by atoms with Gasteiger partial charge in [-0.2, -0.15) is 0 Å². The van der Waals surface area contributed by atoms with Gasteiger partial charge in [-0.05, 0) is 19.1 Å². The van der Waals surface area contributed by atoms with Gasteiger partial charge >= 0.3 is 0 Å². The first-order chi connectivity index (χ1) is 12.2. The van der Waals surface area contributed by atoms with E-state index < -0.39 is 79.6 Å². The number of nitrogens with two attached hydrogens (primary N) is 1. The molecule has 0 aliphatic carbocycles. The predicted molar refractivity (Wildman–Crippen MR) is 87.7 cm³/mol. The summed E-state index contributed by atoms with van der Waals surface area (Å²) in [6.07, 6.45) is -12.7. The standard InChI is InChI=1S/C14H25NO10S/c1-4-11(9(20)7(18)5(2-16)22-4)24-13-10(21)12(25-14(15)26)8(19)6(3-17)23-13/h4-13,16-21H,2-3H2,1H3,(H2,15,26)/t4?,5-,6+,7+,8+,9-,10-,11+,12-,13+/m0/s1. The lowest BCUT2D eigenvalue weighted by atomic mass is 9.95. The van der Waals surface area contributed by atoms with Crippen molar-refractivity contribution in [1.82, 2.24) is 0 Å². The van der Waals surface area contributed by atoms with Crippen LogP contribution in [0.15, 0.2) is 0 Å². The molecule has 12 heteroatoms. The molecule has 0 aromatic carbocycles. The number of rotatable bonds is 5. The molecule has 2 saturated heterocycles. The lowest BCUT2D eigenvalue weighted by Gasteiger charge is -2.46. The van der Waals surface area contributed by atoms with E-state index in [2.05, 4.69) is 12.2 Å². The monoisotopic (exact) mass is 399 g/mol. The number of ether oxygens (including phenoxy) is 4. The molecule has 11 nitrogen and oxygen atoms in total. The lowest BCUT2D eigenvalue weighted by Crippen LogP contribution is -2.64. The van der Waals surface area contributed by atoms with Crippen molar-refractivity contribution in [2.75, 3.05) is 13.2 Å². The first-order valence-corrected chi connectivity index (χ1v) is 8.48. The minimum absolute atomic E-state index is 0.430. The molecule has 1 unspecified atom stereocenters. The third-order valence-corrected chi connectivity index (χ3v) is 4.56. The fourth-order valence-corrected chi connectivity index (χ4v) is 3.17. The molecule has 2 heterocycles. The Morgan fingerprint density at radius 1 is 0.923 bits per heavy atom. The van der Waals surface area contributed by atoms with Gasteiger partial charge in [-0.3, -0.25) is 0 Å². The van der Waals surface area contributed by atoms with E-state index in [-0.39, 0.29) is 0 Å². The molecule has 26 heavy (non-hydrogen) atoms. The summed E-state index contributed by atoms with van der Waals surface area (Å²) < 4.78 is 21.3. The van der Waals surface area contributed by atoms with Gasteiger partial charge in [-0.25, -0.2) is 0 Å². The fraction of sp³-hybridized carbons (Fsp3) is 0.929. The number of aliphatic hydroxyl groups is 6. The van der Waals surface area contributed by atoms with Crippen molar-refractivity contribution in [2.24, 2.45) is 5.73 Å². The average molecular weight is 399 g/mol.